The quantitative estimate of drug-likeness (QED) is 0.106. The highest BCUT2D eigenvalue weighted by Crippen LogP contribution is 2.18. The van der Waals surface area contributed by atoms with Gasteiger partial charge in [-0.25, -0.2) is 0 Å². The second-order valence-electron chi connectivity index (χ2n) is 8.61. The molecule has 5 N–H and O–H groups in total. The van der Waals surface area contributed by atoms with Crippen molar-refractivity contribution < 1.29 is 54.4 Å². The minimum absolute atomic E-state index is 0.0171. The van der Waals surface area contributed by atoms with Crippen molar-refractivity contribution >= 4 is 35.5 Å². The van der Waals surface area contributed by atoms with Crippen LogP contribution in [-0.4, -0.2) is 133 Å². The Morgan fingerprint density at radius 1 is 0.737 bits per heavy atom. The number of nitro groups is 1. The van der Waals surface area contributed by atoms with E-state index in [0.29, 0.717) is 5.56 Å². The van der Waals surface area contributed by atoms with Crippen molar-refractivity contribution in [2.24, 2.45) is 0 Å². The highest BCUT2D eigenvalue weighted by molar-refractivity contribution is 5.73. The van der Waals surface area contributed by atoms with E-state index in [-0.39, 0.29) is 25.2 Å². The highest BCUT2D eigenvalue weighted by Gasteiger charge is 2.31. The molecule has 0 fully saturated rings. The van der Waals surface area contributed by atoms with Gasteiger partial charge in [0.25, 0.3) is 5.69 Å². The lowest BCUT2D eigenvalue weighted by molar-refractivity contribution is -0.384. The van der Waals surface area contributed by atoms with Crippen molar-refractivity contribution in [2.75, 3.05) is 45.8 Å². The third-order valence-electron chi connectivity index (χ3n) is 5.40. The highest BCUT2D eigenvalue weighted by atomic mass is 16.6. The van der Waals surface area contributed by atoms with Crippen molar-refractivity contribution in [1.29, 1.82) is 0 Å². The largest absolute Gasteiger partial charge is 0.480 e. The Hall–Kier alpha value is -4.15. The van der Waals surface area contributed by atoms with Gasteiger partial charge in [0.2, 0.25) is 0 Å². The molecule has 0 aromatic heterocycles. The van der Waals surface area contributed by atoms with Crippen LogP contribution in [0.1, 0.15) is 12.5 Å². The third kappa shape index (κ3) is 12.2. The van der Waals surface area contributed by atoms with Gasteiger partial charge in [0, 0.05) is 37.3 Å². The smallest absolute Gasteiger partial charge is 0.317 e. The van der Waals surface area contributed by atoms with Gasteiger partial charge in [-0.1, -0.05) is 12.1 Å². The number of non-ortho nitro benzene ring substituents is 1. The fraction of sp³-hybridized carbons (Fsp3) is 0.500. The number of nitro benzene ring substituents is 1. The predicted octanol–water partition coefficient (Wildman–Crippen LogP) is -0.777. The summed E-state index contributed by atoms with van der Waals surface area (Å²) in [6.07, 6.45) is 0.0171. The SMILES string of the molecule is C[C@H](CN(CC(=O)O)CC(=O)O)N(CC(=O)O)[C@H](Cc1ccc([N+](=O)[O-])cc1)CN(CC(=O)O)CC(=O)O. The zero-order chi connectivity index (χ0) is 29.0. The number of carboxylic acid groups (broad SMARTS) is 5. The minimum atomic E-state index is -1.33. The molecule has 0 aliphatic heterocycles. The van der Waals surface area contributed by atoms with Crippen LogP contribution in [0, 0.1) is 10.1 Å². The van der Waals surface area contributed by atoms with Gasteiger partial charge in [0.15, 0.2) is 0 Å². The number of carboxylic acids is 5. The topological polar surface area (TPSA) is 239 Å². The van der Waals surface area contributed by atoms with Gasteiger partial charge in [0.1, 0.15) is 0 Å². The molecule has 16 heteroatoms. The standard InChI is InChI=1S/C22H30N4O12/c1-14(7-23(9-18(27)28)10-19(29)30)25(13-22(35)36)17(8-24(11-20(31)32)12-21(33)34)6-15-2-4-16(5-3-15)26(37)38/h2-5,14,17H,6-13H2,1H3,(H,27,28)(H,29,30)(H,31,32)(H,33,34)(H,35,36)/t14-,17-/m1/s1. The first-order valence-electron chi connectivity index (χ1n) is 11.2. The van der Waals surface area contributed by atoms with E-state index in [9.17, 15) is 49.4 Å². The summed E-state index contributed by atoms with van der Waals surface area (Å²) < 4.78 is 0. The van der Waals surface area contributed by atoms with Gasteiger partial charge < -0.3 is 25.5 Å². The lowest BCUT2D eigenvalue weighted by atomic mass is 10.0. The molecule has 38 heavy (non-hydrogen) atoms. The number of aliphatic carboxylic acids is 5. The van der Waals surface area contributed by atoms with Crippen LogP contribution in [0.2, 0.25) is 0 Å². The molecule has 16 nitrogen and oxygen atoms in total. The maximum absolute atomic E-state index is 11.8. The first kappa shape index (κ1) is 31.9. The van der Waals surface area contributed by atoms with E-state index in [4.69, 9.17) is 10.2 Å². The first-order valence-corrected chi connectivity index (χ1v) is 11.2. The lowest BCUT2D eigenvalue weighted by Crippen LogP contribution is -2.55. The van der Waals surface area contributed by atoms with Crippen molar-refractivity contribution in [2.45, 2.75) is 25.4 Å². The summed E-state index contributed by atoms with van der Waals surface area (Å²) in [6.45, 7) is -2.18. The van der Waals surface area contributed by atoms with Crippen LogP contribution in [0.25, 0.3) is 0 Å². The van der Waals surface area contributed by atoms with Crippen LogP contribution in [0.3, 0.4) is 0 Å². The summed E-state index contributed by atoms with van der Waals surface area (Å²) in [5.41, 5.74) is 0.305. The minimum Gasteiger partial charge on any atom is -0.480 e. The number of nitrogens with zero attached hydrogens (tertiary/aromatic N) is 4. The summed E-state index contributed by atoms with van der Waals surface area (Å²) in [4.78, 5) is 70.8. The molecule has 0 heterocycles. The number of benzene rings is 1. The van der Waals surface area contributed by atoms with Crippen LogP contribution >= 0.6 is 0 Å². The van der Waals surface area contributed by atoms with E-state index in [1.165, 1.54) is 36.1 Å². The number of hydrogen-bond acceptors (Lipinski definition) is 10. The molecule has 0 aliphatic carbocycles. The van der Waals surface area contributed by atoms with Gasteiger partial charge in [0.05, 0.1) is 37.6 Å². The number of carbonyl (C=O) groups is 5. The fourth-order valence-electron chi connectivity index (χ4n) is 4.03. The van der Waals surface area contributed by atoms with Crippen molar-refractivity contribution in [3.05, 3.63) is 39.9 Å². The van der Waals surface area contributed by atoms with Crippen molar-refractivity contribution in [1.82, 2.24) is 14.7 Å². The molecule has 0 unspecified atom stereocenters. The van der Waals surface area contributed by atoms with Gasteiger partial charge in [-0.3, -0.25) is 48.8 Å². The van der Waals surface area contributed by atoms with Crippen molar-refractivity contribution in [3.63, 3.8) is 0 Å². The molecule has 0 saturated heterocycles. The molecule has 0 saturated carbocycles. The van der Waals surface area contributed by atoms with E-state index in [1.807, 2.05) is 0 Å². The molecule has 2 atom stereocenters. The van der Waals surface area contributed by atoms with Gasteiger partial charge in [-0.2, -0.15) is 0 Å². The summed E-state index contributed by atoms with van der Waals surface area (Å²) in [5, 5.41) is 57.3. The molecule has 0 aliphatic rings. The van der Waals surface area contributed by atoms with Crippen LogP contribution in [0.15, 0.2) is 24.3 Å². The summed E-state index contributed by atoms with van der Waals surface area (Å²) in [7, 11) is 0. The van der Waals surface area contributed by atoms with Crippen LogP contribution in [0.4, 0.5) is 5.69 Å². The summed E-state index contributed by atoms with van der Waals surface area (Å²) >= 11 is 0. The van der Waals surface area contributed by atoms with Crippen LogP contribution < -0.4 is 0 Å². The Kier molecular flexibility index (Phi) is 12.7. The van der Waals surface area contributed by atoms with Gasteiger partial charge >= 0.3 is 29.8 Å². The van der Waals surface area contributed by atoms with E-state index in [0.717, 1.165) is 9.80 Å². The molecule has 1 aromatic carbocycles. The third-order valence-corrected chi connectivity index (χ3v) is 5.40. The normalized spacial score (nSPS) is 12.8. The number of rotatable bonds is 19. The molecule has 1 aromatic rings. The summed E-state index contributed by atoms with van der Waals surface area (Å²) in [6, 6.07) is 3.65. The van der Waals surface area contributed by atoms with Gasteiger partial charge in [-0.05, 0) is 18.9 Å². The van der Waals surface area contributed by atoms with Crippen LogP contribution in [-0.2, 0) is 30.4 Å². The zero-order valence-electron chi connectivity index (χ0n) is 20.5. The monoisotopic (exact) mass is 542 g/mol. The molecular formula is C22H30N4O12. The maximum atomic E-state index is 11.8. The Labute approximate surface area is 216 Å². The predicted molar refractivity (Wildman–Crippen MR) is 128 cm³/mol. The van der Waals surface area contributed by atoms with Crippen molar-refractivity contribution in [3.8, 4) is 0 Å². The molecule has 0 spiro atoms. The lowest BCUT2D eigenvalue weighted by Gasteiger charge is -2.39. The average Bonchev–Trinajstić information content (AvgIpc) is 2.75. The van der Waals surface area contributed by atoms with E-state index in [1.54, 1.807) is 0 Å². The van der Waals surface area contributed by atoms with Crippen LogP contribution in [0.5, 0.6) is 0 Å². The second-order valence-corrected chi connectivity index (χ2v) is 8.61. The Morgan fingerprint density at radius 2 is 1.13 bits per heavy atom. The Bertz CT molecular complexity index is 984. The van der Waals surface area contributed by atoms with Gasteiger partial charge in [-0.15, -0.1) is 0 Å². The molecule has 210 valence electrons. The Balaban J connectivity index is 3.42. The number of hydrogen-bond donors (Lipinski definition) is 5. The van der Waals surface area contributed by atoms with E-state index in [2.05, 4.69) is 0 Å². The molecule has 0 bridgehead atoms. The van der Waals surface area contributed by atoms with E-state index < -0.39 is 79.6 Å². The Morgan fingerprint density at radius 3 is 1.50 bits per heavy atom. The molecule has 0 radical (unpaired) electrons. The second kappa shape index (κ2) is 15.2. The first-order chi connectivity index (χ1) is 17.7. The molecule has 0 amide bonds. The fourth-order valence-corrected chi connectivity index (χ4v) is 4.03. The average molecular weight is 542 g/mol. The molecule has 1 rings (SSSR count). The van der Waals surface area contributed by atoms with E-state index >= 15 is 0 Å². The maximum Gasteiger partial charge on any atom is 0.317 e. The summed E-state index contributed by atoms with van der Waals surface area (Å²) in [5.74, 6) is -6.56. The molecular weight excluding hydrogens is 512 g/mol. The zero-order valence-corrected chi connectivity index (χ0v) is 20.5.